The Hall–Kier alpha value is -2.41. The summed E-state index contributed by atoms with van der Waals surface area (Å²) in [5, 5.41) is 16.1. The second-order valence-electron chi connectivity index (χ2n) is 6.65. The summed E-state index contributed by atoms with van der Waals surface area (Å²) < 4.78 is 14.1. The van der Waals surface area contributed by atoms with Crippen molar-refractivity contribution in [2.24, 2.45) is 9.98 Å². The van der Waals surface area contributed by atoms with Gasteiger partial charge < -0.3 is 20.6 Å². The minimum absolute atomic E-state index is 0.206. The van der Waals surface area contributed by atoms with Gasteiger partial charge >= 0.3 is 0 Å². The minimum Gasteiger partial charge on any atom is -0.393 e. The summed E-state index contributed by atoms with van der Waals surface area (Å²) in [7, 11) is 0. The van der Waals surface area contributed by atoms with Crippen LogP contribution in [0.5, 0.6) is 0 Å². The monoisotopic (exact) mass is 343 g/mol. The zero-order chi connectivity index (χ0) is 17.4. The van der Waals surface area contributed by atoms with Crippen LogP contribution in [0.3, 0.4) is 0 Å². The van der Waals surface area contributed by atoms with Gasteiger partial charge in [0.1, 0.15) is 11.5 Å². The summed E-state index contributed by atoms with van der Waals surface area (Å²) in [6.45, 7) is 1.94. The van der Waals surface area contributed by atoms with E-state index in [1.54, 1.807) is 6.34 Å². The van der Waals surface area contributed by atoms with Crippen LogP contribution < -0.4 is 15.5 Å². The van der Waals surface area contributed by atoms with Crippen LogP contribution in [-0.2, 0) is 6.42 Å². The molecule has 2 aliphatic heterocycles. The fourth-order valence-corrected chi connectivity index (χ4v) is 3.50. The van der Waals surface area contributed by atoms with Crippen LogP contribution in [0.25, 0.3) is 0 Å². The van der Waals surface area contributed by atoms with E-state index >= 15 is 0 Å². The summed E-state index contributed by atoms with van der Waals surface area (Å²) in [6, 6.07) is 5.46. The van der Waals surface area contributed by atoms with Crippen LogP contribution in [0.15, 0.2) is 40.1 Å². The quantitative estimate of drug-likeness (QED) is 0.783. The third-order valence-corrected chi connectivity index (χ3v) is 4.93. The van der Waals surface area contributed by atoms with Gasteiger partial charge in [0.25, 0.3) is 0 Å². The molecule has 6 nitrogen and oxygen atoms in total. The average Bonchev–Trinajstić information content (AvgIpc) is 3.20. The molecule has 0 bridgehead atoms. The topological polar surface area (TPSA) is 72.2 Å². The Morgan fingerprint density at radius 1 is 1.40 bits per heavy atom. The van der Waals surface area contributed by atoms with Gasteiger partial charge in [-0.3, -0.25) is 0 Å². The Balaban J connectivity index is 1.53. The molecule has 0 amide bonds. The van der Waals surface area contributed by atoms with Gasteiger partial charge in [0.2, 0.25) is 0 Å². The highest BCUT2D eigenvalue weighted by molar-refractivity contribution is 5.89. The number of nitrogens with zero attached hydrogens (tertiary/aromatic N) is 3. The maximum Gasteiger partial charge on any atom is 0.198 e. The zero-order valence-corrected chi connectivity index (χ0v) is 14.1. The van der Waals surface area contributed by atoms with Gasteiger partial charge in [0.05, 0.1) is 12.4 Å². The van der Waals surface area contributed by atoms with Crippen molar-refractivity contribution in [2.75, 3.05) is 4.90 Å². The van der Waals surface area contributed by atoms with E-state index in [-0.39, 0.29) is 24.1 Å². The molecule has 2 heterocycles. The number of aryl methyl sites for hydroxylation is 1. The molecule has 3 atom stereocenters. The van der Waals surface area contributed by atoms with Gasteiger partial charge in [-0.2, -0.15) is 0 Å². The van der Waals surface area contributed by atoms with Crippen molar-refractivity contribution in [2.45, 2.75) is 50.9 Å². The first-order valence-electron chi connectivity index (χ1n) is 8.74. The molecule has 0 radical (unpaired) electrons. The minimum atomic E-state index is -0.304. The van der Waals surface area contributed by atoms with Crippen molar-refractivity contribution in [3.8, 4) is 0 Å². The zero-order valence-electron chi connectivity index (χ0n) is 14.1. The van der Waals surface area contributed by atoms with E-state index in [0.717, 1.165) is 30.6 Å². The van der Waals surface area contributed by atoms with E-state index in [1.807, 2.05) is 30.2 Å². The number of aliphatic hydroxyl groups excluding tert-OH is 1. The number of halogens is 1. The summed E-state index contributed by atoms with van der Waals surface area (Å²) in [5.74, 6) is 0.455. The third-order valence-electron chi connectivity index (χ3n) is 4.93. The first-order valence-corrected chi connectivity index (χ1v) is 8.74. The van der Waals surface area contributed by atoms with Gasteiger partial charge in [-0.05, 0) is 43.4 Å². The number of nitrogens with one attached hydrogen (secondary N) is 2. The Kier molecular flexibility index (Phi) is 4.17. The molecule has 1 fully saturated rings. The van der Waals surface area contributed by atoms with Gasteiger partial charge in [-0.15, -0.1) is 0 Å². The molecular weight excluding hydrogens is 321 g/mol. The Labute approximate surface area is 146 Å². The van der Waals surface area contributed by atoms with Gasteiger partial charge in [0.15, 0.2) is 12.1 Å². The number of aliphatic hydroxyl groups is 1. The highest BCUT2D eigenvalue weighted by Gasteiger charge is 2.31. The number of anilines is 1. The molecule has 132 valence electrons. The summed E-state index contributed by atoms with van der Waals surface area (Å²) >= 11 is 0. The van der Waals surface area contributed by atoms with Gasteiger partial charge in [-0.1, -0.05) is 13.0 Å². The van der Waals surface area contributed by atoms with Crippen LogP contribution in [-0.4, -0.2) is 35.7 Å². The molecule has 1 unspecified atom stereocenters. The highest BCUT2D eigenvalue weighted by Crippen LogP contribution is 2.28. The Morgan fingerprint density at radius 2 is 2.28 bits per heavy atom. The van der Waals surface area contributed by atoms with E-state index in [1.165, 1.54) is 6.07 Å². The van der Waals surface area contributed by atoms with Crippen molar-refractivity contribution in [1.82, 2.24) is 10.6 Å². The molecule has 3 aliphatic rings. The average molecular weight is 343 g/mol. The number of guanidine groups is 1. The smallest absolute Gasteiger partial charge is 0.198 e. The van der Waals surface area contributed by atoms with Crippen molar-refractivity contribution in [3.05, 3.63) is 41.5 Å². The largest absolute Gasteiger partial charge is 0.393 e. The molecule has 0 saturated heterocycles. The first-order chi connectivity index (χ1) is 12.1. The van der Waals surface area contributed by atoms with Crippen molar-refractivity contribution >= 4 is 18.0 Å². The van der Waals surface area contributed by atoms with E-state index in [0.29, 0.717) is 17.9 Å². The molecule has 1 aliphatic carbocycles. The maximum atomic E-state index is 14.1. The van der Waals surface area contributed by atoms with Crippen molar-refractivity contribution in [3.63, 3.8) is 0 Å². The van der Waals surface area contributed by atoms with E-state index < -0.39 is 0 Å². The maximum absolute atomic E-state index is 14.1. The number of hydrogen-bond donors (Lipinski definition) is 3. The Bertz CT molecular complexity index is 760. The summed E-state index contributed by atoms with van der Waals surface area (Å²) in [5.41, 5.74) is 2.22. The normalized spacial score (nSPS) is 27.6. The summed E-state index contributed by atoms with van der Waals surface area (Å²) in [6.07, 6.45) is 6.09. The number of fused-ring (bicyclic) bond motifs is 1. The number of hydrogen-bond acceptors (Lipinski definition) is 6. The molecule has 4 rings (SSSR count). The molecule has 1 saturated carbocycles. The molecule has 7 heteroatoms. The lowest BCUT2D eigenvalue weighted by atomic mass is 10.1. The lowest BCUT2D eigenvalue weighted by molar-refractivity contribution is 0.180. The van der Waals surface area contributed by atoms with Crippen LogP contribution in [0.2, 0.25) is 0 Å². The number of benzene rings is 1. The lowest BCUT2D eigenvalue weighted by Crippen LogP contribution is -2.45. The number of rotatable bonds is 3. The second kappa shape index (κ2) is 6.48. The standard InChI is InChI=1S/C18H22FN5O/c1-2-11-3-5-13(8-15(11)19)24-10-21-16-9-20-18(23-17(16)24)22-12-4-6-14(25)7-12/h3,5,8-10,12,14,17,25H,2,4,6-7H2,1H3,(H2,20,22,23)/t12-,14-,17?/m0/s1. The lowest BCUT2D eigenvalue weighted by Gasteiger charge is -2.26. The van der Waals surface area contributed by atoms with Crippen LogP contribution in [0, 0.1) is 5.82 Å². The predicted molar refractivity (Wildman–Crippen MR) is 96.0 cm³/mol. The van der Waals surface area contributed by atoms with Crippen LogP contribution in [0.1, 0.15) is 31.7 Å². The third kappa shape index (κ3) is 3.11. The molecule has 0 aromatic heterocycles. The first kappa shape index (κ1) is 16.1. The molecular formula is C18H22FN5O. The fraction of sp³-hybridized carbons (Fsp3) is 0.444. The molecule has 1 aromatic rings. The van der Waals surface area contributed by atoms with Crippen LogP contribution >= 0.6 is 0 Å². The van der Waals surface area contributed by atoms with Gasteiger partial charge in [-0.25, -0.2) is 14.4 Å². The van der Waals surface area contributed by atoms with Crippen molar-refractivity contribution in [1.29, 1.82) is 0 Å². The van der Waals surface area contributed by atoms with E-state index in [4.69, 9.17) is 0 Å². The van der Waals surface area contributed by atoms with E-state index in [9.17, 15) is 9.50 Å². The molecule has 25 heavy (non-hydrogen) atoms. The van der Waals surface area contributed by atoms with Crippen LogP contribution in [0.4, 0.5) is 10.1 Å². The predicted octanol–water partition coefficient (Wildman–Crippen LogP) is 1.87. The van der Waals surface area contributed by atoms with Gasteiger partial charge in [0, 0.05) is 17.9 Å². The highest BCUT2D eigenvalue weighted by atomic mass is 19.1. The molecule has 3 N–H and O–H groups in total. The summed E-state index contributed by atoms with van der Waals surface area (Å²) in [4.78, 5) is 10.9. The van der Waals surface area contributed by atoms with E-state index in [2.05, 4.69) is 20.6 Å². The second-order valence-corrected chi connectivity index (χ2v) is 6.65. The molecule has 0 spiro atoms. The number of aliphatic imine (C=N–C) groups is 2. The Morgan fingerprint density at radius 3 is 3.00 bits per heavy atom. The SMILES string of the molecule is CCc1ccc(N2C=NC3=CNC(N[C@H]4CC[C@H](O)C4)=NC32)cc1F. The van der Waals surface area contributed by atoms with Crippen molar-refractivity contribution < 1.29 is 9.50 Å². The molecule has 1 aromatic carbocycles. The fourth-order valence-electron chi connectivity index (χ4n) is 3.50.